The van der Waals surface area contributed by atoms with Crippen LogP contribution in [0, 0.1) is 0 Å². The number of hydrogen-bond acceptors (Lipinski definition) is 4. The molecule has 0 saturated carbocycles. The first-order valence-electron chi connectivity index (χ1n) is 3.21. The van der Waals surface area contributed by atoms with Crippen LogP contribution >= 0.6 is 0 Å². The van der Waals surface area contributed by atoms with Crippen molar-refractivity contribution in [1.82, 2.24) is 0 Å². The van der Waals surface area contributed by atoms with Gasteiger partial charge in [0, 0.05) is 6.92 Å². The number of halogens is 3. The Hall–Kier alpha value is -0.930. The average molecular weight is 232 g/mol. The Labute approximate surface area is 78.1 Å². The maximum Gasteiger partial charge on any atom is 0.485 e. The van der Waals surface area contributed by atoms with Gasteiger partial charge in [0.15, 0.2) is 10.1 Å². The second kappa shape index (κ2) is 4.53. The standard InChI is InChI=1S/C4H6N2.CHF3O3S/c1-4-5-2-3-6-4;2-1(3,4)8(5,6)7/h2-3H,1H3,(H,5,6);(H,5,6,7). The summed E-state index contributed by atoms with van der Waals surface area (Å²) in [5, 5.41) is 1.97. The van der Waals surface area contributed by atoms with Crippen molar-refractivity contribution in [2.75, 3.05) is 0 Å². The first kappa shape index (κ1) is 13.1. The lowest BCUT2D eigenvalue weighted by Crippen LogP contribution is -2.79. The topological polar surface area (TPSA) is 86.2 Å². The van der Waals surface area contributed by atoms with Gasteiger partial charge in [-0.05, 0) is 0 Å². The van der Waals surface area contributed by atoms with Crippen LogP contribution in [-0.4, -0.2) is 24.3 Å². The van der Waals surface area contributed by atoms with E-state index in [1.165, 1.54) is 0 Å². The predicted molar refractivity (Wildman–Crippen MR) is 39.9 cm³/mol. The molecule has 0 saturated heterocycles. The minimum absolute atomic E-state index is 1.09. The molecule has 0 spiro atoms. The molecule has 1 aliphatic heterocycles. The third kappa shape index (κ3) is 4.94. The summed E-state index contributed by atoms with van der Waals surface area (Å²) in [5.41, 5.74) is -5.65. The number of amidine groups is 1. The monoisotopic (exact) mass is 232 g/mol. The summed E-state index contributed by atoms with van der Waals surface area (Å²) < 4.78 is 58.9. The van der Waals surface area contributed by atoms with Gasteiger partial charge in [-0.15, -0.1) is 0 Å². The molecule has 9 heteroatoms. The van der Waals surface area contributed by atoms with E-state index in [0.717, 1.165) is 5.84 Å². The van der Waals surface area contributed by atoms with E-state index < -0.39 is 15.6 Å². The Kier molecular flexibility index (Phi) is 4.23. The van der Waals surface area contributed by atoms with E-state index in [-0.39, 0.29) is 0 Å². The summed E-state index contributed by atoms with van der Waals surface area (Å²) in [6.45, 7) is 1.97. The predicted octanol–water partition coefficient (Wildman–Crippen LogP) is -0.496. The van der Waals surface area contributed by atoms with Crippen LogP contribution in [0.1, 0.15) is 6.92 Å². The summed E-state index contributed by atoms with van der Waals surface area (Å²) in [4.78, 5) is 3.92. The van der Waals surface area contributed by atoms with E-state index in [1.807, 2.05) is 18.4 Å². The Morgan fingerprint density at radius 1 is 1.50 bits per heavy atom. The van der Waals surface area contributed by atoms with Crippen LogP contribution in [0.5, 0.6) is 0 Å². The Bertz CT molecular complexity index is 344. The molecular weight excluding hydrogens is 225 g/mol. The van der Waals surface area contributed by atoms with Gasteiger partial charge in [0.1, 0.15) is 6.20 Å². The van der Waals surface area contributed by atoms with Crippen LogP contribution in [0.25, 0.3) is 0 Å². The third-order valence-electron chi connectivity index (χ3n) is 0.985. The van der Waals surface area contributed by atoms with Crippen molar-refractivity contribution in [3.63, 3.8) is 0 Å². The van der Waals surface area contributed by atoms with Crippen molar-refractivity contribution >= 4 is 16.0 Å². The number of rotatable bonds is 0. The quantitative estimate of drug-likeness (QED) is 0.451. The summed E-state index contributed by atoms with van der Waals surface area (Å²) in [7, 11) is -6.09. The fourth-order valence-electron chi connectivity index (χ4n) is 0.386. The minimum Gasteiger partial charge on any atom is -0.741 e. The SMILES string of the molecule is CC1=NC=C[NH2+]1.O=S(=O)([O-])C(F)(F)F. The lowest BCUT2D eigenvalue weighted by molar-refractivity contribution is -0.458. The lowest BCUT2D eigenvalue weighted by Gasteiger charge is -2.08. The number of alkyl halides is 3. The molecule has 0 atom stereocenters. The van der Waals surface area contributed by atoms with Gasteiger partial charge >= 0.3 is 5.51 Å². The number of nitrogens with zero attached hydrogens (tertiary/aromatic N) is 1. The minimum atomic E-state index is -6.09. The van der Waals surface area contributed by atoms with Crippen molar-refractivity contribution in [3.05, 3.63) is 12.4 Å². The molecule has 0 amide bonds. The van der Waals surface area contributed by atoms with Gasteiger partial charge in [0.05, 0.1) is 6.20 Å². The average Bonchev–Trinajstić information content (AvgIpc) is 2.35. The Balaban J connectivity index is 0.000000249. The number of nitrogens with two attached hydrogens (primary N) is 1. The van der Waals surface area contributed by atoms with Crippen LogP contribution in [-0.2, 0) is 10.1 Å². The summed E-state index contributed by atoms with van der Waals surface area (Å²) in [6.07, 6.45) is 3.71. The van der Waals surface area contributed by atoms with Gasteiger partial charge in [0.25, 0.3) is 0 Å². The van der Waals surface area contributed by atoms with Crippen LogP contribution in [0.4, 0.5) is 13.2 Å². The molecule has 0 aromatic heterocycles. The van der Waals surface area contributed by atoms with Crippen molar-refractivity contribution in [2.24, 2.45) is 4.99 Å². The molecular formula is C5H7F3N2O3S. The highest BCUT2D eigenvalue weighted by atomic mass is 32.2. The molecule has 0 bridgehead atoms. The van der Waals surface area contributed by atoms with Gasteiger partial charge in [-0.1, -0.05) is 0 Å². The van der Waals surface area contributed by atoms with Gasteiger partial charge < -0.3 is 4.55 Å². The molecule has 0 radical (unpaired) electrons. The molecule has 0 aliphatic carbocycles. The Morgan fingerprint density at radius 2 is 1.93 bits per heavy atom. The highest BCUT2D eigenvalue weighted by Crippen LogP contribution is 2.20. The van der Waals surface area contributed by atoms with Crippen LogP contribution in [0.3, 0.4) is 0 Å². The first-order valence-corrected chi connectivity index (χ1v) is 4.62. The van der Waals surface area contributed by atoms with E-state index in [2.05, 4.69) is 4.99 Å². The lowest BCUT2D eigenvalue weighted by atomic mass is 10.7. The molecule has 14 heavy (non-hydrogen) atoms. The second-order valence-corrected chi connectivity index (χ2v) is 3.55. The fraction of sp³-hybridized carbons (Fsp3) is 0.400. The largest absolute Gasteiger partial charge is 0.741 e. The van der Waals surface area contributed by atoms with E-state index >= 15 is 0 Å². The number of aliphatic imine (C=N–C) groups is 1. The molecule has 2 N–H and O–H groups in total. The van der Waals surface area contributed by atoms with Gasteiger partial charge in [-0.3, -0.25) is 5.32 Å². The van der Waals surface area contributed by atoms with E-state index in [0.29, 0.717) is 0 Å². The van der Waals surface area contributed by atoms with E-state index in [4.69, 9.17) is 13.0 Å². The molecule has 0 unspecified atom stereocenters. The van der Waals surface area contributed by atoms with E-state index in [1.54, 1.807) is 6.20 Å². The summed E-state index contributed by atoms with van der Waals surface area (Å²) in [5.74, 6) is 1.09. The molecule has 1 rings (SSSR count). The van der Waals surface area contributed by atoms with Crippen molar-refractivity contribution < 1.29 is 31.5 Å². The van der Waals surface area contributed by atoms with Gasteiger partial charge in [-0.25, -0.2) is 13.4 Å². The maximum atomic E-state index is 10.7. The third-order valence-corrected chi connectivity index (χ3v) is 1.55. The highest BCUT2D eigenvalue weighted by molar-refractivity contribution is 7.86. The molecule has 0 fully saturated rings. The molecule has 1 aliphatic rings. The zero-order chi connectivity index (χ0) is 11.4. The summed E-state index contributed by atoms with van der Waals surface area (Å²) >= 11 is 0. The molecule has 0 aromatic rings. The zero-order valence-corrected chi connectivity index (χ0v) is 7.76. The zero-order valence-electron chi connectivity index (χ0n) is 6.95. The fourth-order valence-corrected chi connectivity index (χ4v) is 0.386. The van der Waals surface area contributed by atoms with Crippen molar-refractivity contribution in [1.29, 1.82) is 0 Å². The molecule has 1 heterocycles. The normalized spacial score (nSPS) is 15.9. The van der Waals surface area contributed by atoms with Crippen molar-refractivity contribution in [3.8, 4) is 0 Å². The van der Waals surface area contributed by atoms with Gasteiger partial charge in [0.2, 0.25) is 5.84 Å². The maximum absolute atomic E-state index is 10.7. The van der Waals surface area contributed by atoms with Crippen LogP contribution in [0.2, 0.25) is 0 Å². The number of hydrogen-bond donors (Lipinski definition) is 1. The highest BCUT2D eigenvalue weighted by Gasteiger charge is 2.36. The Morgan fingerprint density at radius 3 is 2.00 bits per heavy atom. The van der Waals surface area contributed by atoms with E-state index in [9.17, 15) is 13.2 Å². The van der Waals surface area contributed by atoms with Crippen molar-refractivity contribution in [2.45, 2.75) is 12.4 Å². The second-order valence-electron chi connectivity index (χ2n) is 2.18. The first-order chi connectivity index (χ1) is 6.14. The molecule has 5 nitrogen and oxygen atoms in total. The molecule has 82 valence electrons. The van der Waals surface area contributed by atoms with Gasteiger partial charge in [-0.2, -0.15) is 13.2 Å². The van der Waals surface area contributed by atoms with Crippen LogP contribution < -0.4 is 5.32 Å². The molecule has 0 aromatic carbocycles. The number of quaternary nitrogens is 1. The summed E-state index contributed by atoms with van der Waals surface area (Å²) in [6, 6.07) is 0. The van der Waals surface area contributed by atoms with Crippen LogP contribution in [0.15, 0.2) is 17.4 Å². The smallest absolute Gasteiger partial charge is 0.485 e.